The predicted molar refractivity (Wildman–Crippen MR) is 52.1 cm³/mol. The van der Waals surface area contributed by atoms with Gasteiger partial charge in [0.2, 0.25) is 0 Å². The standard InChI is InChI=1S/C8H14N4O2/c1-7(3-4-9-2)11-6-8(5-10-11)12(13)14/h5-7,9H,3-4H2,1-2H3. The lowest BCUT2D eigenvalue weighted by Crippen LogP contribution is -2.14. The lowest BCUT2D eigenvalue weighted by atomic mass is 10.2. The molecule has 1 unspecified atom stereocenters. The zero-order valence-corrected chi connectivity index (χ0v) is 8.30. The SMILES string of the molecule is CNCCC(C)n1cc([N+](=O)[O-])cn1. The minimum absolute atomic E-state index is 0.0429. The number of hydrogen-bond donors (Lipinski definition) is 1. The first-order chi connectivity index (χ1) is 6.65. The molecule has 0 aliphatic rings. The molecule has 0 aliphatic carbocycles. The first kappa shape index (κ1) is 10.6. The van der Waals surface area contributed by atoms with E-state index in [2.05, 4.69) is 10.4 Å². The van der Waals surface area contributed by atoms with Crippen molar-refractivity contribution in [2.75, 3.05) is 13.6 Å². The van der Waals surface area contributed by atoms with Crippen LogP contribution in [0.3, 0.4) is 0 Å². The summed E-state index contributed by atoms with van der Waals surface area (Å²) in [5.41, 5.74) is 0.0429. The minimum atomic E-state index is -0.436. The smallest absolute Gasteiger partial charge is 0.307 e. The van der Waals surface area contributed by atoms with Gasteiger partial charge in [0, 0.05) is 0 Å². The molecule has 0 radical (unpaired) electrons. The van der Waals surface area contributed by atoms with Crippen molar-refractivity contribution in [1.82, 2.24) is 15.1 Å². The zero-order valence-electron chi connectivity index (χ0n) is 8.30. The molecular weight excluding hydrogens is 184 g/mol. The van der Waals surface area contributed by atoms with E-state index in [4.69, 9.17) is 0 Å². The maximum Gasteiger partial charge on any atom is 0.307 e. The van der Waals surface area contributed by atoms with Gasteiger partial charge in [0.05, 0.1) is 11.0 Å². The van der Waals surface area contributed by atoms with Crippen LogP contribution in [0, 0.1) is 10.1 Å². The van der Waals surface area contributed by atoms with Crippen LogP contribution in [0.15, 0.2) is 12.4 Å². The Bertz CT molecular complexity index is 310. The Morgan fingerprint density at radius 1 is 1.79 bits per heavy atom. The van der Waals surface area contributed by atoms with E-state index in [1.807, 2.05) is 14.0 Å². The minimum Gasteiger partial charge on any atom is -0.320 e. The van der Waals surface area contributed by atoms with Gasteiger partial charge in [-0.3, -0.25) is 14.8 Å². The Labute approximate surface area is 82.1 Å². The van der Waals surface area contributed by atoms with Crippen LogP contribution >= 0.6 is 0 Å². The summed E-state index contributed by atoms with van der Waals surface area (Å²) in [5, 5.41) is 17.4. The van der Waals surface area contributed by atoms with Gasteiger partial charge in [-0.05, 0) is 26.9 Å². The molecule has 0 aromatic carbocycles. The average molecular weight is 198 g/mol. The van der Waals surface area contributed by atoms with Gasteiger partial charge >= 0.3 is 5.69 Å². The lowest BCUT2D eigenvalue weighted by Gasteiger charge is -2.10. The Kier molecular flexibility index (Phi) is 3.58. The van der Waals surface area contributed by atoms with Gasteiger partial charge in [-0.1, -0.05) is 0 Å². The van der Waals surface area contributed by atoms with Crippen LogP contribution in [0.5, 0.6) is 0 Å². The predicted octanol–water partition coefficient (Wildman–Crippen LogP) is 0.962. The highest BCUT2D eigenvalue weighted by Crippen LogP contribution is 2.14. The normalized spacial score (nSPS) is 12.7. The van der Waals surface area contributed by atoms with Crippen molar-refractivity contribution in [3.63, 3.8) is 0 Å². The second kappa shape index (κ2) is 4.71. The highest BCUT2D eigenvalue weighted by molar-refractivity contribution is 5.20. The van der Waals surface area contributed by atoms with E-state index < -0.39 is 4.92 Å². The van der Waals surface area contributed by atoms with E-state index in [-0.39, 0.29) is 11.7 Å². The van der Waals surface area contributed by atoms with Crippen LogP contribution in [-0.2, 0) is 0 Å². The van der Waals surface area contributed by atoms with Crippen molar-refractivity contribution < 1.29 is 4.92 Å². The first-order valence-corrected chi connectivity index (χ1v) is 4.48. The lowest BCUT2D eigenvalue weighted by molar-refractivity contribution is -0.385. The Morgan fingerprint density at radius 3 is 3.00 bits per heavy atom. The number of nitrogens with zero attached hydrogens (tertiary/aromatic N) is 3. The van der Waals surface area contributed by atoms with E-state index in [1.165, 1.54) is 12.4 Å². The van der Waals surface area contributed by atoms with Gasteiger partial charge in [0.1, 0.15) is 12.4 Å². The second-order valence-corrected chi connectivity index (χ2v) is 3.18. The number of hydrogen-bond acceptors (Lipinski definition) is 4. The quantitative estimate of drug-likeness (QED) is 0.565. The molecule has 6 nitrogen and oxygen atoms in total. The fourth-order valence-electron chi connectivity index (χ4n) is 1.15. The van der Waals surface area contributed by atoms with Gasteiger partial charge in [0.25, 0.3) is 0 Å². The third kappa shape index (κ3) is 2.53. The molecule has 1 heterocycles. The molecule has 0 fully saturated rings. The van der Waals surface area contributed by atoms with Gasteiger partial charge < -0.3 is 5.32 Å². The monoisotopic (exact) mass is 198 g/mol. The Hall–Kier alpha value is -1.43. The molecule has 14 heavy (non-hydrogen) atoms. The van der Waals surface area contributed by atoms with Crippen LogP contribution < -0.4 is 5.32 Å². The van der Waals surface area contributed by atoms with Gasteiger partial charge in [0.15, 0.2) is 0 Å². The summed E-state index contributed by atoms with van der Waals surface area (Å²) in [4.78, 5) is 9.95. The number of nitro groups is 1. The summed E-state index contributed by atoms with van der Waals surface area (Å²) < 4.78 is 1.62. The highest BCUT2D eigenvalue weighted by Gasteiger charge is 2.12. The van der Waals surface area contributed by atoms with E-state index in [0.29, 0.717) is 0 Å². The Morgan fingerprint density at radius 2 is 2.50 bits per heavy atom. The molecule has 1 aromatic rings. The summed E-state index contributed by atoms with van der Waals surface area (Å²) in [7, 11) is 1.87. The van der Waals surface area contributed by atoms with Crippen molar-refractivity contribution in [2.24, 2.45) is 0 Å². The molecule has 78 valence electrons. The third-order valence-electron chi connectivity index (χ3n) is 2.06. The number of nitrogens with one attached hydrogen (secondary N) is 1. The fourth-order valence-corrected chi connectivity index (χ4v) is 1.15. The molecule has 6 heteroatoms. The van der Waals surface area contributed by atoms with E-state index in [1.54, 1.807) is 4.68 Å². The molecule has 1 aromatic heterocycles. The van der Waals surface area contributed by atoms with Crippen molar-refractivity contribution in [3.8, 4) is 0 Å². The van der Waals surface area contributed by atoms with Gasteiger partial charge in [-0.25, -0.2) is 0 Å². The largest absolute Gasteiger partial charge is 0.320 e. The molecule has 1 atom stereocenters. The molecule has 0 saturated carbocycles. The molecule has 1 rings (SSSR count). The van der Waals surface area contributed by atoms with Crippen molar-refractivity contribution in [1.29, 1.82) is 0 Å². The summed E-state index contributed by atoms with van der Waals surface area (Å²) >= 11 is 0. The van der Waals surface area contributed by atoms with Crippen molar-refractivity contribution in [3.05, 3.63) is 22.5 Å². The average Bonchev–Trinajstić information content (AvgIpc) is 2.62. The maximum absolute atomic E-state index is 10.4. The van der Waals surface area contributed by atoms with Gasteiger partial charge in [-0.15, -0.1) is 0 Å². The molecule has 0 aliphatic heterocycles. The zero-order chi connectivity index (χ0) is 10.6. The fraction of sp³-hybridized carbons (Fsp3) is 0.625. The van der Waals surface area contributed by atoms with Crippen molar-refractivity contribution in [2.45, 2.75) is 19.4 Å². The van der Waals surface area contributed by atoms with Crippen LogP contribution in [0.2, 0.25) is 0 Å². The van der Waals surface area contributed by atoms with E-state index in [0.717, 1.165) is 13.0 Å². The van der Waals surface area contributed by atoms with E-state index >= 15 is 0 Å². The van der Waals surface area contributed by atoms with Crippen LogP contribution in [0.1, 0.15) is 19.4 Å². The highest BCUT2D eigenvalue weighted by atomic mass is 16.6. The molecule has 0 bridgehead atoms. The van der Waals surface area contributed by atoms with Crippen LogP contribution in [0.25, 0.3) is 0 Å². The molecule has 0 amide bonds. The maximum atomic E-state index is 10.4. The van der Waals surface area contributed by atoms with Crippen molar-refractivity contribution >= 4 is 5.69 Å². The number of aromatic nitrogens is 2. The molecule has 1 N–H and O–H groups in total. The molecule has 0 saturated heterocycles. The summed E-state index contributed by atoms with van der Waals surface area (Å²) in [6, 6.07) is 0.177. The first-order valence-electron chi connectivity index (χ1n) is 4.48. The third-order valence-corrected chi connectivity index (χ3v) is 2.06. The van der Waals surface area contributed by atoms with Gasteiger partial charge in [-0.2, -0.15) is 5.10 Å². The molecular formula is C8H14N4O2. The summed E-state index contributed by atoms with van der Waals surface area (Å²) in [6.45, 7) is 2.85. The molecule has 0 spiro atoms. The second-order valence-electron chi connectivity index (χ2n) is 3.18. The summed E-state index contributed by atoms with van der Waals surface area (Å²) in [6.07, 6.45) is 3.63. The Balaban J connectivity index is 2.61. The van der Waals surface area contributed by atoms with Crippen LogP contribution in [-0.4, -0.2) is 28.3 Å². The van der Waals surface area contributed by atoms with Crippen LogP contribution in [0.4, 0.5) is 5.69 Å². The van der Waals surface area contributed by atoms with E-state index in [9.17, 15) is 10.1 Å². The summed E-state index contributed by atoms with van der Waals surface area (Å²) in [5.74, 6) is 0. The number of rotatable bonds is 5. The topological polar surface area (TPSA) is 73.0 Å².